The fourth-order valence-electron chi connectivity index (χ4n) is 2.32. The van der Waals surface area contributed by atoms with Gasteiger partial charge < -0.3 is 10.2 Å². The van der Waals surface area contributed by atoms with Crippen LogP contribution in [-0.4, -0.2) is 37.6 Å². The normalized spacial score (nSPS) is 28.6. The van der Waals surface area contributed by atoms with Gasteiger partial charge in [0, 0.05) is 12.6 Å². The Morgan fingerprint density at radius 2 is 2.08 bits per heavy atom. The van der Waals surface area contributed by atoms with E-state index in [1.54, 1.807) is 0 Å². The number of hydrogen-bond acceptors (Lipinski definition) is 2. The maximum atomic E-state index is 3.60. The summed E-state index contributed by atoms with van der Waals surface area (Å²) in [6.07, 6.45) is 4.22. The fourth-order valence-corrected chi connectivity index (χ4v) is 2.32. The van der Waals surface area contributed by atoms with Gasteiger partial charge in [0.1, 0.15) is 0 Å². The summed E-state index contributed by atoms with van der Waals surface area (Å²) in [7, 11) is 2.22. The van der Waals surface area contributed by atoms with Gasteiger partial charge in [-0.15, -0.1) is 0 Å². The van der Waals surface area contributed by atoms with Gasteiger partial charge in [-0.25, -0.2) is 0 Å². The van der Waals surface area contributed by atoms with E-state index in [1.807, 2.05) is 0 Å². The molecule has 0 heterocycles. The van der Waals surface area contributed by atoms with Gasteiger partial charge in [0.2, 0.25) is 0 Å². The summed E-state index contributed by atoms with van der Waals surface area (Å²) in [5.41, 5.74) is 0. The largest absolute Gasteiger partial charge is 0.314 e. The minimum absolute atomic E-state index is 0.791. The van der Waals surface area contributed by atoms with Crippen molar-refractivity contribution >= 4 is 0 Å². The van der Waals surface area contributed by atoms with Crippen molar-refractivity contribution in [1.29, 1.82) is 0 Å². The Hall–Kier alpha value is -0.0800. The summed E-state index contributed by atoms with van der Waals surface area (Å²) in [6, 6.07) is 0.791. The summed E-state index contributed by atoms with van der Waals surface area (Å²) in [4.78, 5) is 2.43. The van der Waals surface area contributed by atoms with Crippen LogP contribution in [0.2, 0.25) is 0 Å². The molecule has 0 radical (unpaired) electrons. The second kappa shape index (κ2) is 5.61. The molecule has 2 atom stereocenters. The molecule has 13 heavy (non-hydrogen) atoms. The summed E-state index contributed by atoms with van der Waals surface area (Å²) >= 11 is 0. The lowest BCUT2D eigenvalue weighted by Gasteiger charge is -2.25. The lowest BCUT2D eigenvalue weighted by atomic mass is 10.0. The monoisotopic (exact) mass is 184 g/mol. The van der Waals surface area contributed by atoms with Gasteiger partial charge in [0.05, 0.1) is 0 Å². The molecule has 1 fully saturated rings. The molecule has 0 aromatic carbocycles. The first-order valence-electron chi connectivity index (χ1n) is 5.69. The highest BCUT2D eigenvalue weighted by atomic mass is 15.1. The second-order valence-electron chi connectivity index (χ2n) is 4.21. The summed E-state index contributed by atoms with van der Waals surface area (Å²) in [5.74, 6) is 0.893. The van der Waals surface area contributed by atoms with E-state index in [-0.39, 0.29) is 0 Å². The Balaban J connectivity index is 2.30. The van der Waals surface area contributed by atoms with Crippen LogP contribution in [0.1, 0.15) is 33.1 Å². The minimum Gasteiger partial charge on any atom is -0.314 e. The van der Waals surface area contributed by atoms with E-state index in [4.69, 9.17) is 0 Å². The minimum atomic E-state index is 0.791. The lowest BCUT2D eigenvalue weighted by molar-refractivity contribution is 0.261. The van der Waals surface area contributed by atoms with Crippen LogP contribution in [0.25, 0.3) is 0 Å². The Morgan fingerprint density at radius 1 is 1.31 bits per heavy atom. The van der Waals surface area contributed by atoms with Crippen molar-refractivity contribution in [3.05, 3.63) is 0 Å². The SMILES string of the molecule is CCNC1CCCC1CN(C)CC. The smallest absolute Gasteiger partial charge is 0.0107 e. The van der Waals surface area contributed by atoms with Crippen molar-refractivity contribution in [3.8, 4) is 0 Å². The van der Waals surface area contributed by atoms with E-state index >= 15 is 0 Å². The molecule has 2 heteroatoms. The van der Waals surface area contributed by atoms with E-state index in [1.165, 1.54) is 32.4 Å². The number of nitrogens with zero attached hydrogens (tertiary/aromatic N) is 1. The highest BCUT2D eigenvalue weighted by Crippen LogP contribution is 2.25. The van der Waals surface area contributed by atoms with Gasteiger partial charge in [0.25, 0.3) is 0 Å². The highest BCUT2D eigenvalue weighted by Gasteiger charge is 2.26. The number of hydrogen-bond donors (Lipinski definition) is 1. The number of rotatable bonds is 5. The average molecular weight is 184 g/mol. The maximum absolute atomic E-state index is 3.60. The van der Waals surface area contributed by atoms with Gasteiger partial charge in [-0.1, -0.05) is 20.3 Å². The van der Waals surface area contributed by atoms with Gasteiger partial charge in [-0.05, 0) is 38.9 Å². The van der Waals surface area contributed by atoms with Crippen LogP contribution in [-0.2, 0) is 0 Å². The van der Waals surface area contributed by atoms with Crippen molar-refractivity contribution in [2.45, 2.75) is 39.2 Å². The van der Waals surface area contributed by atoms with Gasteiger partial charge in [-0.3, -0.25) is 0 Å². The molecule has 0 amide bonds. The van der Waals surface area contributed by atoms with Crippen LogP contribution in [0.3, 0.4) is 0 Å². The molecule has 78 valence electrons. The zero-order valence-electron chi connectivity index (χ0n) is 9.34. The summed E-state index contributed by atoms with van der Waals surface area (Å²) < 4.78 is 0. The van der Waals surface area contributed by atoms with Crippen molar-refractivity contribution in [1.82, 2.24) is 10.2 Å². The first-order chi connectivity index (χ1) is 6.27. The molecule has 0 bridgehead atoms. The van der Waals surface area contributed by atoms with Crippen LogP contribution in [0.4, 0.5) is 0 Å². The van der Waals surface area contributed by atoms with Crippen LogP contribution in [0, 0.1) is 5.92 Å². The maximum Gasteiger partial charge on any atom is 0.0107 e. The van der Waals surface area contributed by atoms with Crippen molar-refractivity contribution in [3.63, 3.8) is 0 Å². The standard InChI is InChI=1S/C11H24N2/c1-4-12-11-8-6-7-10(11)9-13(3)5-2/h10-12H,4-9H2,1-3H3. The number of nitrogens with one attached hydrogen (secondary N) is 1. The molecule has 1 rings (SSSR count). The molecule has 0 aromatic heterocycles. The molecular weight excluding hydrogens is 160 g/mol. The van der Waals surface area contributed by atoms with E-state index in [9.17, 15) is 0 Å². The fraction of sp³-hybridized carbons (Fsp3) is 1.00. The molecule has 1 aliphatic rings. The second-order valence-corrected chi connectivity index (χ2v) is 4.21. The predicted molar refractivity (Wildman–Crippen MR) is 58.0 cm³/mol. The average Bonchev–Trinajstić information content (AvgIpc) is 2.54. The first kappa shape index (κ1) is 11.0. The molecule has 0 aromatic rings. The van der Waals surface area contributed by atoms with Crippen LogP contribution < -0.4 is 5.32 Å². The third-order valence-electron chi connectivity index (χ3n) is 3.21. The zero-order valence-corrected chi connectivity index (χ0v) is 9.34. The van der Waals surface area contributed by atoms with E-state index in [0.29, 0.717) is 0 Å². The predicted octanol–water partition coefficient (Wildman–Crippen LogP) is 1.72. The Morgan fingerprint density at radius 3 is 2.69 bits per heavy atom. The van der Waals surface area contributed by atoms with Crippen LogP contribution in [0.5, 0.6) is 0 Å². The molecular formula is C11H24N2. The Labute approximate surface area is 82.7 Å². The zero-order chi connectivity index (χ0) is 9.68. The van der Waals surface area contributed by atoms with Gasteiger partial charge in [0.15, 0.2) is 0 Å². The molecule has 0 spiro atoms. The van der Waals surface area contributed by atoms with Gasteiger partial charge >= 0.3 is 0 Å². The highest BCUT2D eigenvalue weighted by molar-refractivity contribution is 4.84. The summed E-state index contributed by atoms with van der Waals surface area (Å²) in [5, 5.41) is 3.60. The molecule has 1 saturated carbocycles. The van der Waals surface area contributed by atoms with Crippen molar-refractivity contribution in [2.75, 3.05) is 26.7 Å². The molecule has 1 aliphatic carbocycles. The quantitative estimate of drug-likeness (QED) is 0.700. The van der Waals surface area contributed by atoms with Crippen LogP contribution >= 0.6 is 0 Å². The third kappa shape index (κ3) is 3.28. The van der Waals surface area contributed by atoms with Crippen molar-refractivity contribution in [2.24, 2.45) is 5.92 Å². The third-order valence-corrected chi connectivity index (χ3v) is 3.21. The molecule has 1 N–H and O–H groups in total. The molecule has 2 unspecified atom stereocenters. The molecule has 0 saturated heterocycles. The van der Waals surface area contributed by atoms with E-state index in [0.717, 1.165) is 18.5 Å². The van der Waals surface area contributed by atoms with E-state index < -0.39 is 0 Å². The van der Waals surface area contributed by atoms with Crippen LogP contribution in [0.15, 0.2) is 0 Å². The Kier molecular flexibility index (Phi) is 4.74. The van der Waals surface area contributed by atoms with E-state index in [2.05, 4.69) is 31.1 Å². The van der Waals surface area contributed by atoms with Crippen molar-refractivity contribution < 1.29 is 0 Å². The lowest BCUT2D eigenvalue weighted by Crippen LogP contribution is -2.38. The topological polar surface area (TPSA) is 15.3 Å². The molecule has 0 aliphatic heterocycles. The molecule has 2 nitrogen and oxygen atoms in total. The summed E-state index contributed by atoms with van der Waals surface area (Å²) in [6.45, 7) is 8.01. The van der Waals surface area contributed by atoms with Gasteiger partial charge in [-0.2, -0.15) is 0 Å². The Bertz CT molecular complexity index is 136. The first-order valence-corrected chi connectivity index (χ1v) is 5.69.